The van der Waals surface area contributed by atoms with Crippen LogP contribution < -0.4 is 10.2 Å². The molecule has 3 rings (SSSR count). The fourth-order valence-corrected chi connectivity index (χ4v) is 5.30. The minimum absolute atomic E-state index is 0.0664. The molecule has 160 valence electrons. The summed E-state index contributed by atoms with van der Waals surface area (Å²) >= 11 is 0. The van der Waals surface area contributed by atoms with Crippen molar-refractivity contribution in [3.8, 4) is 0 Å². The van der Waals surface area contributed by atoms with Gasteiger partial charge in [-0.3, -0.25) is 14.5 Å². The van der Waals surface area contributed by atoms with Gasteiger partial charge >= 0.3 is 0 Å². The predicted molar refractivity (Wildman–Crippen MR) is 113 cm³/mol. The van der Waals surface area contributed by atoms with Crippen molar-refractivity contribution in [2.45, 2.75) is 64.5 Å². The molecule has 2 fully saturated rings. The number of anilines is 1. The molecular weight excluding hydrogens is 390 g/mol. The van der Waals surface area contributed by atoms with E-state index in [0.717, 1.165) is 47.4 Å². The number of nitrogens with one attached hydrogen (secondary N) is 1. The zero-order chi connectivity index (χ0) is 21.4. The molecule has 1 atom stereocenters. The van der Waals surface area contributed by atoms with E-state index in [9.17, 15) is 18.0 Å². The number of amides is 2. The lowest BCUT2D eigenvalue weighted by Gasteiger charge is -2.47. The average molecular weight is 422 g/mol. The number of piperazine rings is 1. The van der Waals surface area contributed by atoms with Gasteiger partial charge in [0.15, 0.2) is 0 Å². The standard InChI is InChI=1S/C21H31N3O4S/c1-15-10-16(2)12-18(11-15)24-19(25)13-23(29(4,27)28)14-21(24,3)20(26)22-17-8-6-5-7-9-17/h10-12,17H,5-9,13-14H2,1-4H3,(H,22,26). The number of carbonyl (C=O) groups excluding carboxylic acids is 2. The summed E-state index contributed by atoms with van der Waals surface area (Å²) in [5.41, 5.74) is 1.26. The number of hydrogen-bond acceptors (Lipinski definition) is 4. The summed E-state index contributed by atoms with van der Waals surface area (Å²) in [6.07, 6.45) is 6.20. The molecule has 2 aliphatic rings. The maximum Gasteiger partial charge on any atom is 0.247 e. The van der Waals surface area contributed by atoms with E-state index in [1.54, 1.807) is 6.92 Å². The van der Waals surface area contributed by atoms with Gasteiger partial charge in [-0.2, -0.15) is 4.31 Å². The minimum atomic E-state index is -3.61. The highest BCUT2D eigenvalue weighted by Crippen LogP contribution is 2.32. The van der Waals surface area contributed by atoms with Gasteiger partial charge in [0.2, 0.25) is 21.8 Å². The molecule has 1 aromatic carbocycles. The van der Waals surface area contributed by atoms with Crippen LogP contribution in [0.2, 0.25) is 0 Å². The molecule has 1 saturated heterocycles. The van der Waals surface area contributed by atoms with Crippen LogP contribution in [-0.2, 0) is 19.6 Å². The molecule has 1 heterocycles. The molecule has 1 saturated carbocycles. The van der Waals surface area contributed by atoms with Gasteiger partial charge in [-0.15, -0.1) is 0 Å². The van der Waals surface area contributed by atoms with Crippen molar-refractivity contribution >= 4 is 27.5 Å². The van der Waals surface area contributed by atoms with Gasteiger partial charge < -0.3 is 5.32 Å². The highest BCUT2D eigenvalue weighted by atomic mass is 32.2. The van der Waals surface area contributed by atoms with Gasteiger partial charge in [-0.05, 0) is 56.9 Å². The van der Waals surface area contributed by atoms with Crippen molar-refractivity contribution in [3.63, 3.8) is 0 Å². The topological polar surface area (TPSA) is 86.8 Å². The Bertz CT molecular complexity index is 888. The third-order valence-corrected chi connectivity index (χ3v) is 7.10. The zero-order valence-corrected chi connectivity index (χ0v) is 18.5. The van der Waals surface area contributed by atoms with E-state index in [1.165, 1.54) is 11.3 Å². The monoisotopic (exact) mass is 421 g/mol. The van der Waals surface area contributed by atoms with Gasteiger partial charge in [0.25, 0.3) is 0 Å². The Labute approximate surface area is 173 Å². The highest BCUT2D eigenvalue weighted by Gasteiger charge is 2.50. The van der Waals surface area contributed by atoms with Gasteiger partial charge in [-0.1, -0.05) is 25.3 Å². The van der Waals surface area contributed by atoms with E-state index in [0.29, 0.717) is 5.69 Å². The van der Waals surface area contributed by atoms with E-state index >= 15 is 0 Å². The molecule has 8 heteroatoms. The normalized spacial score (nSPS) is 24.6. The average Bonchev–Trinajstić information content (AvgIpc) is 2.60. The lowest BCUT2D eigenvalue weighted by Crippen LogP contribution is -2.70. The Morgan fingerprint density at radius 3 is 2.24 bits per heavy atom. The molecule has 1 N–H and O–H groups in total. The van der Waals surface area contributed by atoms with Crippen LogP contribution >= 0.6 is 0 Å². The molecule has 0 spiro atoms. The molecule has 1 aliphatic carbocycles. The summed E-state index contributed by atoms with van der Waals surface area (Å²) in [4.78, 5) is 28.1. The first kappa shape index (κ1) is 21.8. The Balaban J connectivity index is 2.01. The lowest BCUT2D eigenvalue weighted by atomic mass is 9.91. The Morgan fingerprint density at radius 2 is 1.69 bits per heavy atom. The molecule has 7 nitrogen and oxygen atoms in total. The molecule has 1 aromatic rings. The van der Waals surface area contributed by atoms with E-state index in [1.807, 2.05) is 32.0 Å². The smallest absolute Gasteiger partial charge is 0.247 e. The van der Waals surface area contributed by atoms with Gasteiger partial charge in [0.1, 0.15) is 5.54 Å². The van der Waals surface area contributed by atoms with Crippen LogP contribution in [0.25, 0.3) is 0 Å². The minimum Gasteiger partial charge on any atom is -0.351 e. The van der Waals surface area contributed by atoms with Crippen molar-refractivity contribution in [1.29, 1.82) is 0 Å². The van der Waals surface area contributed by atoms with E-state index in [2.05, 4.69) is 5.32 Å². The third kappa shape index (κ3) is 4.64. The van der Waals surface area contributed by atoms with Crippen LogP contribution in [0.4, 0.5) is 5.69 Å². The van der Waals surface area contributed by atoms with Crippen LogP contribution in [0.15, 0.2) is 18.2 Å². The molecule has 0 bridgehead atoms. The number of sulfonamides is 1. The van der Waals surface area contributed by atoms with Crippen LogP contribution in [0.3, 0.4) is 0 Å². The number of aryl methyl sites for hydroxylation is 2. The van der Waals surface area contributed by atoms with Crippen LogP contribution in [0, 0.1) is 13.8 Å². The number of nitrogens with zero attached hydrogens (tertiary/aromatic N) is 2. The first-order chi connectivity index (χ1) is 13.5. The first-order valence-corrected chi connectivity index (χ1v) is 12.0. The molecule has 0 radical (unpaired) electrons. The van der Waals surface area contributed by atoms with E-state index in [4.69, 9.17) is 0 Å². The molecule has 1 aliphatic heterocycles. The second kappa shape index (κ2) is 8.07. The summed E-state index contributed by atoms with van der Waals surface area (Å²) in [5, 5.41) is 3.10. The number of benzene rings is 1. The van der Waals surface area contributed by atoms with E-state index in [-0.39, 0.29) is 25.0 Å². The second-order valence-corrected chi connectivity index (χ2v) is 10.7. The maximum atomic E-state index is 13.4. The van der Waals surface area contributed by atoms with Crippen molar-refractivity contribution in [1.82, 2.24) is 9.62 Å². The molecule has 1 unspecified atom stereocenters. The number of carbonyl (C=O) groups is 2. The van der Waals surface area contributed by atoms with Crippen LogP contribution in [0.1, 0.15) is 50.2 Å². The maximum absolute atomic E-state index is 13.4. The number of rotatable bonds is 4. The highest BCUT2D eigenvalue weighted by molar-refractivity contribution is 7.88. The SMILES string of the molecule is Cc1cc(C)cc(N2C(=O)CN(S(C)(=O)=O)CC2(C)C(=O)NC2CCCCC2)c1. The summed E-state index contributed by atoms with van der Waals surface area (Å²) in [5.74, 6) is -0.696. The fourth-order valence-electron chi connectivity index (χ4n) is 4.47. The van der Waals surface area contributed by atoms with E-state index < -0.39 is 21.5 Å². The van der Waals surface area contributed by atoms with Crippen molar-refractivity contribution < 1.29 is 18.0 Å². The van der Waals surface area contributed by atoms with Gasteiger partial charge in [-0.25, -0.2) is 8.42 Å². The Morgan fingerprint density at radius 1 is 1.10 bits per heavy atom. The molecule has 2 amide bonds. The molecular formula is C21H31N3O4S. The second-order valence-electron chi connectivity index (χ2n) is 8.69. The lowest BCUT2D eigenvalue weighted by molar-refractivity contribution is -0.133. The van der Waals surface area contributed by atoms with Crippen molar-refractivity contribution in [2.24, 2.45) is 0 Å². The third-order valence-electron chi connectivity index (χ3n) is 5.90. The molecule has 29 heavy (non-hydrogen) atoms. The van der Waals surface area contributed by atoms with Gasteiger partial charge in [0.05, 0.1) is 12.8 Å². The number of hydrogen-bond donors (Lipinski definition) is 1. The van der Waals surface area contributed by atoms with Crippen molar-refractivity contribution in [3.05, 3.63) is 29.3 Å². The quantitative estimate of drug-likeness (QED) is 0.807. The Kier molecular flexibility index (Phi) is 6.06. The summed E-state index contributed by atoms with van der Waals surface area (Å²) in [6.45, 7) is 5.21. The zero-order valence-electron chi connectivity index (χ0n) is 17.7. The predicted octanol–water partition coefficient (Wildman–Crippen LogP) is 2.12. The fraction of sp³-hybridized carbons (Fsp3) is 0.619. The Hall–Kier alpha value is -1.93. The summed E-state index contributed by atoms with van der Waals surface area (Å²) in [7, 11) is -3.61. The van der Waals surface area contributed by atoms with Crippen LogP contribution in [-0.4, -0.2) is 55.5 Å². The molecule has 0 aromatic heterocycles. The van der Waals surface area contributed by atoms with Gasteiger partial charge in [0, 0.05) is 18.3 Å². The van der Waals surface area contributed by atoms with Crippen LogP contribution in [0.5, 0.6) is 0 Å². The van der Waals surface area contributed by atoms with Crippen molar-refractivity contribution in [2.75, 3.05) is 24.2 Å². The largest absolute Gasteiger partial charge is 0.351 e. The summed E-state index contributed by atoms with van der Waals surface area (Å²) < 4.78 is 25.5. The summed E-state index contributed by atoms with van der Waals surface area (Å²) in [6, 6.07) is 5.80. The first-order valence-electron chi connectivity index (χ1n) is 10.2.